The van der Waals surface area contributed by atoms with Gasteiger partial charge in [0.1, 0.15) is 0 Å². The van der Waals surface area contributed by atoms with Crippen molar-refractivity contribution in [2.24, 2.45) is 5.73 Å². The van der Waals surface area contributed by atoms with E-state index < -0.39 is 0 Å². The number of piperazine rings is 3. The molecule has 3 saturated heterocycles. The number of nitrogens with zero attached hydrogens (tertiary/aromatic N) is 4. The van der Waals surface area contributed by atoms with Gasteiger partial charge in [-0.25, -0.2) is 0 Å². The second kappa shape index (κ2) is 5.54. The van der Waals surface area contributed by atoms with Gasteiger partial charge in [-0.3, -0.25) is 9.80 Å². The third-order valence-corrected chi connectivity index (χ3v) is 3.88. The zero-order valence-electron chi connectivity index (χ0n) is 11.3. The van der Waals surface area contributed by atoms with Gasteiger partial charge in [0, 0.05) is 52.3 Å². The molecule has 2 N–H and O–H groups in total. The molecule has 3 fully saturated rings. The van der Waals surface area contributed by atoms with Crippen LogP contribution in [0.2, 0.25) is 0 Å². The van der Waals surface area contributed by atoms with Gasteiger partial charge in [0.05, 0.1) is 12.6 Å². The summed E-state index contributed by atoms with van der Waals surface area (Å²) in [7, 11) is 1.64. The molecule has 1 aromatic rings. The molecule has 0 spiro atoms. The Hall–Kier alpha value is -1.02. The average molecular weight is 267 g/mol. The quantitative estimate of drug-likeness (QED) is 0.752. The Morgan fingerprint density at radius 1 is 1.42 bits per heavy atom. The first-order valence-corrected chi connectivity index (χ1v) is 6.79. The van der Waals surface area contributed by atoms with Crippen LogP contribution in [0, 0.1) is 0 Å². The number of nitrogens with two attached hydrogens (primary N) is 1. The second-order valence-corrected chi connectivity index (χ2v) is 5.32. The third-order valence-electron chi connectivity index (χ3n) is 3.88. The maximum Gasteiger partial charge on any atom is 0.228 e. The van der Waals surface area contributed by atoms with Crippen LogP contribution < -0.4 is 5.73 Å². The van der Waals surface area contributed by atoms with Crippen LogP contribution in [0.3, 0.4) is 0 Å². The van der Waals surface area contributed by atoms with E-state index in [0.717, 1.165) is 38.5 Å². The minimum atomic E-state index is -0.0924. The van der Waals surface area contributed by atoms with Crippen LogP contribution in [0.5, 0.6) is 0 Å². The van der Waals surface area contributed by atoms with Crippen molar-refractivity contribution in [3.05, 3.63) is 11.7 Å². The first-order chi connectivity index (χ1) is 9.26. The number of aromatic nitrogens is 2. The Bertz CT molecular complexity index is 416. The van der Waals surface area contributed by atoms with E-state index in [0.29, 0.717) is 18.9 Å². The molecule has 0 saturated carbocycles. The average Bonchev–Trinajstić information content (AvgIpc) is 2.88. The Labute approximate surface area is 112 Å². The highest BCUT2D eigenvalue weighted by Gasteiger charge is 2.35. The van der Waals surface area contributed by atoms with Gasteiger partial charge in [0.15, 0.2) is 5.82 Å². The molecule has 3 aliphatic heterocycles. The van der Waals surface area contributed by atoms with Gasteiger partial charge >= 0.3 is 0 Å². The van der Waals surface area contributed by atoms with E-state index in [4.69, 9.17) is 15.0 Å². The fourth-order valence-electron chi connectivity index (χ4n) is 2.85. The highest BCUT2D eigenvalue weighted by Crippen LogP contribution is 2.26. The molecule has 2 bridgehead atoms. The maximum absolute atomic E-state index is 5.89. The lowest BCUT2D eigenvalue weighted by atomic mass is 10.1. The lowest BCUT2D eigenvalue weighted by molar-refractivity contribution is 0.00781. The number of hydrogen-bond acceptors (Lipinski definition) is 7. The summed E-state index contributed by atoms with van der Waals surface area (Å²) in [4.78, 5) is 9.38. The first kappa shape index (κ1) is 13.0. The minimum absolute atomic E-state index is 0.0924. The van der Waals surface area contributed by atoms with Crippen LogP contribution in [-0.2, 0) is 11.2 Å². The predicted octanol–water partition coefficient (Wildman–Crippen LogP) is -0.742. The Morgan fingerprint density at radius 2 is 2.21 bits per heavy atom. The SMILES string of the molecule is COCC(N)Cc1nc(C2CN3CCN2CC3)no1. The van der Waals surface area contributed by atoms with Crippen LogP contribution in [0.1, 0.15) is 17.8 Å². The van der Waals surface area contributed by atoms with Crippen molar-refractivity contribution in [1.29, 1.82) is 0 Å². The smallest absolute Gasteiger partial charge is 0.228 e. The molecule has 0 aromatic carbocycles. The summed E-state index contributed by atoms with van der Waals surface area (Å²) in [5.41, 5.74) is 5.89. The topological polar surface area (TPSA) is 80.7 Å². The fourth-order valence-corrected chi connectivity index (χ4v) is 2.85. The van der Waals surface area contributed by atoms with Crippen molar-refractivity contribution in [3.8, 4) is 0 Å². The number of hydrogen-bond donors (Lipinski definition) is 1. The Kier molecular flexibility index (Phi) is 3.79. The predicted molar refractivity (Wildman–Crippen MR) is 68.6 cm³/mol. The third kappa shape index (κ3) is 2.79. The molecule has 0 radical (unpaired) electrons. The summed E-state index contributed by atoms with van der Waals surface area (Å²) < 4.78 is 10.3. The number of rotatable bonds is 5. The van der Waals surface area contributed by atoms with Crippen LogP contribution in [0.15, 0.2) is 4.52 Å². The van der Waals surface area contributed by atoms with Crippen molar-refractivity contribution in [3.63, 3.8) is 0 Å². The molecule has 106 valence electrons. The van der Waals surface area contributed by atoms with E-state index in [1.807, 2.05) is 0 Å². The Morgan fingerprint density at radius 3 is 2.84 bits per heavy atom. The van der Waals surface area contributed by atoms with Crippen LogP contribution >= 0.6 is 0 Å². The van der Waals surface area contributed by atoms with Gasteiger partial charge in [0.25, 0.3) is 0 Å². The van der Waals surface area contributed by atoms with E-state index in [1.54, 1.807) is 7.11 Å². The highest BCUT2D eigenvalue weighted by molar-refractivity contribution is 5.02. The normalized spacial score (nSPS) is 31.6. The zero-order valence-corrected chi connectivity index (χ0v) is 11.3. The molecule has 2 atom stereocenters. The summed E-state index contributed by atoms with van der Waals surface area (Å²) in [5.74, 6) is 1.40. The van der Waals surface area contributed by atoms with Crippen molar-refractivity contribution >= 4 is 0 Å². The van der Waals surface area contributed by atoms with Gasteiger partial charge in [0.2, 0.25) is 5.89 Å². The van der Waals surface area contributed by atoms with Gasteiger partial charge < -0.3 is 15.0 Å². The summed E-state index contributed by atoms with van der Waals surface area (Å²) >= 11 is 0. The molecule has 0 aliphatic carbocycles. The Balaban J connectivity index is 1.64. The minimum Gasteiger partial charge on any atom is -0.383 e. The molecule has 1 aromatic heterocycles. The van der Waals surface area contributed by atoms with E-state index in [1.165, 1.54) is 0 Å². The van der Waals surface area contributed by atoms with E-state index >= 15 is 0 Å². The van der Waals surface area contributed by atoms with Gasteiger partial charge in [-0.1, -0.05) is 5.16 Å². The molecule has 19 heavy (non-hydrogen) atoms. The summed E-state index contributed by atoms with van der Waals surface area (Å²) in [5, 5.41) is 4.12. The first-order valence-electron chi connectivity index (χ1n) is 6.79. The number of methoxy groups -OCH3 is 1. The van der Waals surface area contributed by atoms with E-state index in [2.05, 4.69) is 19.9 Å². The molecule has 4 heterocycles. The lowest BCUT2D eigenvalue weighted by Crippen LogP contribution is -2.57. The van der Waals surface area contributed by atoms with E-state index in [9.17, 15) is 0 Å². The molecule has 4 rings (SSSR count). The van der Waals surface area contributed by atoms with Crippen molar-refractivity contribution in [1.82, 2.24) is 19.9 Å². The monoisotopic (exact) mass is 267 g/mol. The molecular weight excluding hydrogens is 246 g/mol. The standard InChI is InChI=1S/C12H21N5O2/c1-18-8-9(13)6-11-14-12(15-19-11)10-7-16-2-4-17(10)5-3-16/h9-10H,2-8,13H2,1H3. The summed E-state index contributed by atoms with van der Waals surface area (Å²) in [6.45, 7) is 6.00. The van der Waals surface area contributed by atoms with Gasteiger partial charge in [-0.05, 0) is 0 Å². The largest absolute Gasteiger partial charge is 0.383 e. The highest BCUT2D eigenvalue weighted by atomic mass is 16.5. The van der Waals surface area contributed by atoms with Crippen LogP contribution in [0.4, 0.5) is 0 Å². The van der Waals surface area contributed by atoms with E-state index in [-0.39, 0.29) is 12.1 Å². The van der Waals surface area contributed by atoms with Crippen molar-refractivity contribution < 1.29 is 9.26 Å². The van der Waals surface area contributed by atoms with Crippen molar-refractivity contribution in [2.75, 3.05) is 46.4 Å². The van der Waals surface area contributed by atoms with Gasteiger partial charge in [-0.2, -0.15) is 4.98 Å². The lowest BCUT2D eigenvalue weighted by Gasteiger charge is -2.46. The van der Waals surface area contributed by atoms with Crippen LogP contribution in [-0.4, -0.2) is 72.4 Å². The second-order valence-electron chi connectivity index (χ2n) is 5.32. The molecule has 7 nitrogen and oxygen atoms in total. The fraction of sp³-hybridized carbons (Fsp3) is 0.833. The van der Waals surface area contributed by atoms with Gasteiger partial charge in [-0.15, -0.1) is 0 Å². The zero-order chi connectivity index (χ0) is 13.2. The molecule has 7 heteroatoms. The molecule has 2 unspecified atom stereocenters. The summed E-state index contributed by atoms with van der Waals surface area (Å²) in [6, 6.07) is 0.184. The van der Waals surface area contributed by atoms with Crippen molar-refractivity contribution in [2.45, 2.75) is 18.5 Å². The molecule has 0 amide bonds. The van der Waals surface area contributed by atoms with Crippen LogP contribution in [0.25, 0.3) is 0 Å². The maximum atomic E-state index is 5.89. The summed E-state index contributed by atoms with van der Waals surface area (Å²) in [6.07, 6.45) is 0.567. The molecular formula is C12H21N5O2. The number of fused-ring (bicyclic) bond motifs is 3. The molecule has 3 aliphatic rings. The number of ether oxygens (including phenoxy) is 1.